The summed E-state index contributed by atoms with van der Waals surface area (Å²) >= 11 is 0. The van der Waals surface area contributed by atoms with Gasteiger partial charge in [0.05, 0.1) is 13.2 Å². The molecule has 0 amide bonds. The number of hydrogen-bond donors (Lipinski definition) is 1. The average Bonchev–Trinajstić information content (AvgIpc) is 2.65. The number of hydrogen-bond acceptors (Lipinski definition) is 4. The van der Waals surface area contributed by atoms with Crippen LogP contribution in [0.3, 0.4) is 0 Å². The van der Waals surface area contributed by atoms with Gasteiger partial charge in [0, 0.05) is 32.4 Å². The molecule has 19 heavy (non-hydrogen) atoms. The molecule has 1 aromatic rings. The first-order valence-electron chi connectivity index (χ1n) is 6.54. The molecule has 0 saturated carbocycles. The van der Waals surface area contributed by atoms with Gasteiger partial charge in [-0.3, -0.25) is 0 Å². The molecule has 1 aromatic heterocycles. The van der Waals surface area contributed by atoms with Gasteiger partial charge in [-0.15, -0.1) is 0 Å². The van der Waals surface area contributed by atoms with E-state index in [1.165, 1.54) is 5.56 Å². The van der Waals surface area contributed by atoms with Crippen LogP contribution >= 0.6 is 0 Å². The molecular formula is C14H24N4O. The number of aromatic nitrogens is 1. The lowest BCUT2D eigenvalue weighted by Crippen LogP contribution is -2.23. The molecule has 0 radical (unpaired) electrons. The van der Waals surface area contributed by atoms with Gasteiger partial charge >= 0.3 is 0 Å². The molecule has 0 spiro atoms. The van der Waals surface area contributed by atoms with E-state index in [0.29, 0.717) is 12.3 Å². The van der Waals surface area contributed by atoms with Gasteiger partial charge in [-0.2, -0.15) is 5.26 Å². The van der Waals surface area contributed by atoms with Gasteiger partial charge in [0.25, 0.3) is 0 Å². The zero-order valence-corrected chi connectivity index (χ0v) is 12.4. The first-order valence-corrected chi connectivity index (χ1v) is 6.54. The number of nitriles is 1. The van der Waals surface area contributed by atoms with Gasteiger partial charge in [-0.1, -0.05) is 0 Å². The summed E-state index contributed by atoms with van der Waals surface area (Å²) in [5.41, 5.74) is 3.02. The van der Waals surface area contributed by atoms with Crippen LogP contribution < -0.4 is 5.32 Å². The smallest absolute Gasteiger partial charge is 0.120 e. The highest BCUT2D eigenvalue weighted by Gasteiger charge is 2.07. The average molecular weight is 264 g/mol. The first-order chi connectivity index (χ1) is 9.06. The standard InChI is InChI=1S/C14H24N4O/c1-12-13(9-14(10-15)18(12)4)11-16-5-7-19-8-6-17(2)3/h9,16H,5-8,11H2,1-4H3. The quantitative estimate of drug-likeness (QED) is 0.708. The lowest BCUT2D eigenvalue weighted by atomic mass is 10.2. The van der Waals surface area contributed by atoms with Crippen molar-refractivity contribution in [3.8, 4) is 6.07 Å². The van der Waals surface area contributed by atoms with E-state index in [4.69, 9.17) is 10.00 Å². The van der Waals surface area contributed by atoms with Gasteiger partial charge in [-0.05, 0) is 32.6 Å². The van der Waals surface area contributed by atoms with Crippen molar-refractivity contribution in [3.05, 3.63) is 23.0 Å². The molecule has 0 unspecified atom stereocenters. The summed E-state index contributed by atoms with van der Waals surface area (Å²) in [7, 11) is 5.99. The van der Waals surface area contributed by atoms with Crippen molar-refractivity contribution in [2.75, 3.05) is 40.4 Å². The van der Waals surface area contributed by atoms with E-state index in [-0.39, 0.29) is 0 Å². The number of nitrogens with zero attached hydrogens (tertiary/aromatic N) is 3. The monoisotopic (exact) mass is 264 g/mol. The number of rotatable bonds is 8. The third-order valence-corrected chi connectivity index (χ3v) is 3.18. The minimum absolute atomic E-state index is 0.705. The van der Waals surface area contributed by atoms with Gasteiger partial charge in [-0.25, -0.2) is 0 Å². The zero-order chi connectivity index (χ0) is 14.3. The van der Waals surface area contributed by atoms with E-state index < -0.39 is 0 Å². The van der Waals surface area contributed by atoms with Crippen molar-refractivity contribution < 1.29 is 4.74 Å². The molecule has 5 heteroatoms. The van der Waals surface area contributed by atoms with Crippen LogP contribution in [0.4, 0.5) is 0 Å². The normalized spacial score (nSPS) is 10.9. The van der Waals surface area contributed by atoms with E-state index >= 15 is 0 Å². The maximum atomic E-state index is 8.95. The molecule has 0 aliphatic heterocycles. The van der Waals surface area contributed by atoms with Crippen molar-refractivity contribution in [3.63, 3.8) is 0 Å². The summed E-state index contributed by atoms with van der Waals surface area (Å²) in [4.78, 5) is 2.10. The van der Waals surface area contributed by atoms with Gasteiger partial charge in [0.15, 0.2) is 0 Å². The second-order valence-corrected chi connectivity index (χ2v) is 4.90. The maximum absolute atomic E-state index is 8.95. The van der Waals surface area contributed by atoms with Crippen molar-refractivity contribution >= 4 is 0 Å². The van der Waals surface area contributed by atoms with E-state index in [9.17, 15) is 0 Å². The highest BCUT2D eigenvalue weighted by atomic mass is 16.5. The van der Waals surface area contributed by atoms with Crippen molar-refractivity contribution in [1.29, 1.82) is 5.26 Å². The molecule has 5 nitrogen and oxygen atoms in total. The van der Waals surface area contributed by atoms with Crippen LogP contribution in [0.15, 0.2) is 6.07 Å². The summed E-state index contributed by atoms with van der Waals surface area (Å²) in [6, 6.07) is 4.13. The fourth-order valence-electron chi connectivity index (χ4n) is 1.77. The second-order valence-electron chi connectivity index (χ2n) is 4.90. The molecule has 0 aliphatic rings. The van der Waals surface area contributed by atoms with Crippen LogP contribution in [-0.4, -0.2) is 49.9 Å². The Morgan fingerprint density at radius 3 is 2.74 bits per heavy atom. The Morgan fingerprint density at radius 2 is 2.16 bits per heavy atom. The van der Waals surface area contributed by atoms with Crippen LogP contribution in [0.25, 0.3) is 0 Å². The predicted octanol–water partition coefficient (Wildman–Crippen LogP) is 0.873. The van der Waals surface area contributed by atoms with Crippen LogP contribution in [-0.2, 0) is 18.3 Å². The first kappa shape index (κ1) is 15.7. The number of ether oxygens (including phenoxy) is 1. The van der Waals surface area contributed by atoms with Crippen LogP contribution in [0.2, 0.25) is 0 Å². The molecule has 0 aliphatic carbocycles. The molecule has 0 aromatic carbocycles. The second kappa shape index (κ2) is 7.95. The lowest BCUT2D eigenvalue weighted by molar-refractivity contribution is 0.119. The number of likely N-dealkylation sites (N-methyl/N-ethyl adjacent to an activating group) is 1. The summed E-state index contributed by atoms with van der Waals surface area (Å²) in [6.07, 6.45) is 0. The third-order valence-electron chi connectivity index (χ3n) is 3.18. The van der Waals surface area contributed by atoms with Crippen molar-refractivity contribution in [2.24, 2.45) is 7.05 Å². The zero-order valence-electron chi connectivity index (χ0n) is 12.4. The predicted molar refractivity (Wildman–Crippen MR) is 75.9 cm³/mol. The highest BCUT2D eigenvalue weighted by Crippen LogP contribution is 2.12. The van der Waals surface area contributed by atoms with Crippen LogP contribution in [0.5, 0.6) is 0 Å². The summed E-state index contributed by atoms with van der Waals surface area (Å²) < 4.78 is 7.42. The van der Waals surface area contributed by atoms with Crippen molar-refractivity contribution in [2.45, 2.75) is 13.5 Å². The Kier molecular flexibility index (Phi) is 6.57. The summed E-state index contributed by atoms with van der Waals surface area (Å²) in [5.74, 6) is 0. The minimum atomic E-state index is 0.705. The Labute approximate surface area is 115 Å². The molecule has 0 atom stereocenters. The molecule has 0 bridgehead atoms. The van der Waals surface area contributed by atoms with E-state index in [1.54, 1.807) is 0 Å². The Balaban J connectivity index is 2.22. The molecule has 1 N–H and O–H groups in total. The molecular weight excluding hydrogens is 240 g/mol. The Hall–Kier alpha value is -1.35. The van der Waals surface area contributed by atoms with E-state index in [0.717, 1.165) is 31.9 Å². The fraction of sp³-hybridized carbons (Fsp3) is 0.643. The fourth-order valence-corrected chi connectivity index (χ4v) is 1.77. The maximum Gasteiger partial charge on any atom is 0.120 e. The largest absolute Gasteiger partial charge is 0.379 e. The molecule has 106 valence electrons. The molecule has 1 rings (SSSR count). The Morgan fingerprint density at radius 1 is 1.42 bits per heavy atom. The molecule has 0 fully saturated rings. The van der Waals surface area contributed by atoms with Crippen LogP contribution in [0, 0.1) is 18.3 Å². The number of nitrogens with one attached hydrogen (secondary N) is 1. The molecule has 1 heterocycles. The Bertz CT molecular complexity index is 431. The van der Waals surface area contributed by atoms with E-state index in [1.807, 2.05) is 38.7 Å². The van der Waals surface area contributed by atoms with Gasteiger partial charge in [0.2, 0.25) is 0 Å². The van der Waals surface area contributed by atoms with Gasteiger partial charge in [0.1, 0.15) is 11.8 Å². The third kappa shape index (κ3) is 5.03. The summed E-state index contributed by atoms with van der Waals surface area (Å²) in [6.45, 7) is 6.05. The lowest BCUT2D eigenvalue weighted by Gasteiger charge is -2.10. The minimum Gasteiger partial charge on any atom is -0.379 e. The van der Waals surface area contributed by atoms with E-state index in [2.05, 4.69) is 16.3 Å². The highest BCUT2D eigenvalue weighted by molar-refractivity contribution is 5.33. The molecule has 0 saturated heterocycles. The van der Waals surface area contributed by atoms with Crippen molar-refractivity contribution in [1.82, 2.24) is 14.8 Å². The SMILES string of the molecule is Cc1c(CNCCOCCN(C)C)cc(C#N)n1C. The topological polar surface area (TPSA) is 53.2 Å². The van der Waals surface area contributed by atoms with Crippen LogP contribution in [0.1, 0.15) is 17.0 Å². The van der Waals surface area contributed by atoms with Gasteiger partial charge < -0.3 is 19.5 Å². The summed E-state index contributed by atoms with van der Waals surface area (Å²) in [5, 5.41) is 12.3.